The van der Waals surface area contributed by atoms with Gasteiger partial charge >= 0.3 is 0 Å². The molecule has 0 atom stereocenters. The summed E-state index contributed by atoms with van der Waals surface area (Å²) in [6.07, 6.45) is 8.62. The molecule has 0 heterocycles. The van der Waals surface area contributed by atoms with Gasteiger partial charge in [-0.15, -0.1) is 0 Å². The molecular formula is C14H14O2. The molecule has 2 aliphatic rings. The highest BCUT2D eigenvalue weighted by Gasteiger charge is 2.16. The van der Waals surface area contributed by atoms with Gasteiger partial charge in [-0.3, -0.25) is 9.59 Å². The zero-order chi connectivity index (χ0) is 11.7. The molecule has 0 aromatic rings. The lowest BCUT2D eigenvalue weighted by Gasteiger charge is -2.15. The minimum atomic E-state index is 0.0666. The highest BCUT2D eigenvalue weighted by molar-refractivity contribution is 6.05. The van der Waals surface area contributed by atoms with E-state index in [1.54, 1.807) is 6.08 Å². The maximum absolute atomic E-state index is 11.4. The van der Waals surface area contributed by atoms with Crippen molar-refractivity contribution in [2.24, 2.45) is 0 Å². The maximum Gasteiger partial charge on any atom is 0.181 e. The van der Waals surface area contributed by atoms with Gasteiger partial charge in [-0.05, 0) is 54.7 Å². The number of hydrogen-bond acceptors (Lipinski definition) is 2. The van der Waals surface area contributed by atoms with Crippen molar-refractivity contribution in [3.8, 4) is 0 Å². The number of carbonyl (C=O) groups excluding carboxylic acids is 2. The average molecular weight is 214 g/mol. The highest BCUT2D eigenvalue weighted by atomic mass is 16.1. The first kappa shape index (κ1) is 10.8. The molecule has 0 fully saturated rings. The van der Waals surface area contributed by atoms with Crippen LogP contribution in [0.25, 0.3) is 0 Å². The van der Waals surface area contributed by atoms with Crippen molar-refractivity contribution in [1.29, 1.82) is 0 Å². The average Bonchev–Trinajstić information content (AvgIpc) is 2.26. The van der Waals surface area contributed by atoms with Gasteiger partial charge in [0.2, 0.25) is 0 Å². The van der Waals surface area contributed by atoms with Crippen LogP contribution in [0.1, 0.15) is 26.7 Å². The van der Waals surface area contributed by atoms with Crippen LogP contribution in [0.5, 0.6) is 0 Å². The van der Waals surface area contributed by atoms with Crippen LogP contribution in [-0.4, -0.2) is 11.6 Å². The fourth-order valence-electron chi connectivity index (χ4n) is 1.94. The van der Waals surface area contributed by atoms with Gasteiger partial charge in [0.15, 0.2) is 11.6 Å². The standard InChI is InChI=1S/C14H14O2/c1-9-7-11(3-5-13(9)15)12-4-6-14(16)10(2)8-12/h3,5,7-8H,4,6H2,1-2H3/b12-11-. The molecular weight excluding hydrogens is 200 g/mol. The number of Topliss-reactive ketones (excluding diaryl/α,β-unsaturated/α-hetero) is 1. The van der Waals surface area contributed by atoms with Crippen molar-refractivity contribution >= 4 is 11.6 Å². The normalized spacial score (nSPS) is 25.6. The van der Waals surface area contributed by atoms with Crippen LogP contribution in [-0.2, 0) is 9.59 Å². The van der Waals surface area contributed by atoms with Gasteiger partial charge in [0.1, 0.15) is 0 Å². The Hall–Kier alpha value is -1.70. The van der Waals surface area contributed by atoms with Gasteiger partial charge in [0, 0.05) is 6.42 Å². The third-order valence-electron chi connectivity index (χ3n) is 3.00. The number of rotatable bonds is 0. The van der Waals surface area contributed by atoms with Crippen LogP contribution in [0.2, 0.25) is 0 Å². The van der Waals surface area contributed by atoms with E-state index < -0.39 is 0 Å². The summed E-state index contributed by atoms with van der Waals surface area (Å²) in [4.78, 5) is 22.7. The molecule has 0 aliphatic heterocycles. The number of carbonyl (C=O) groups is 2. The van der Waals surface area contributed by atoms with Gasteiger partial charge in [0.25, 0.3) is 0 Å². The molecule has 0 aromatic heterocycles. The fraction of sp³-hybridized carbons (Fsp3) is 0.286. The number of hydrogen-bond donors (Lipinski definition) is 0. The van der Waals surface area contributed by atoms with Gasteiger partial charge in [-0.2, -0.15) is 0 Å². The molecule has 0 aromatic carbocycles. The molecule has 2 rings (SSSR count). The van der Waals surface area contributed by atoms with E-state index in [-0.39, 0.29) is 11.6 Å². The zero-order valence-corrected chi connectivity index (χ0v) is 9.54. The summed E-state index contributed by atoms with van der Waals surface area (Å²) >= 11 is 0. The molecule has 2 heteroatoms. The van der Waals surface area contributed by atoms with Crippen molar-refractivity contribution < 1.29 is 9.59 Å². The molecule has 0 saturated heterocycles. The van der Waals surface area contributed by atoms with Gasteiger partial charge < -0.3 is 0 Å². The Balaban J connectivity index is 2.41. The fourth-order valence-corrected chi connectivity index (χ4v) is 1.94. The second kappa shape index (κ2) is 4.05. The highest BCUT2D eigenvalue weighted by Crippen LogP contribution is 2.26. The van der Waals surface area contributed by atoms with Crippen LogP contribution < -0.4 is 0 Å². The van der Waals surface area contributed by atoms with Crippen LogP contribution in [0.3, 0.4) is 0 Å². The van der Waals surface area contributed by atoms with Crippen LogP contribution >= 0.6 is 0 Å². The first-order chi connectivity index (χ1) is 7.58. The summed E-state index contributed by atoms with van der Waals surface area (Å²) in [7, 11) is 0. The maximum atomic E-state index is 11.4. The van der Waals surface area contributed by atoms with E-state index in [4.69, 9.17) is 0 Å². The summed E-state index contributed by atoms with van der Waals surface area (Å²) < 4.78 is 0. The van der Waals surface area contributed by atoms with Crippen molar-refractivity contribution in [3.05, 3.63) is 46.6 Å². The molecule has 0 unspecified atom stereocenters. The summed E-state index contributed by atoms with van der Waals surface area (Å²) in [5.74, 6) is 0.290. The lowest BCUT2D eigenvalue weighted by Crippen LogP contribution is -2.08. The third kappa shape index (κ3) is 1.96. The largest absolute Gasteiger partial charge is 0.295 e. The lowest BCUT2D eigenvalue weighted by molar-refractivity contribution is -0.115. The Labute approximate surface area is 95.0 Å². The summed E-state index contributed by atoms with van der Waals surface area (Å²) in [6, 6.07) is 0. The molecule has 82 valence electrons. The number of allylic oxidation sites excluding steroid dienone is 8. The molecule has 0 N–H and O–H groups in total. The van der Waals surface area contributed by atoms with E-state index in [9.17, 15) is 9.59 Å². The predicted octanol–water partition coefficient (Wildman–Crippen LogP) is 2.68. The van der Waals surface area contributed by atoms with Crippen LogP contribution in [0.15, 0.2) is 46.6 Å². The molecule has 0 spiro atoms. The van der Waals surface area contributed by atoms with Crippen LogP contribution in [0.4, 0.5) is 0 Å². The van der Waals surface area contributed by atoms with Gasteiger partial charge in [-0.25, -0.2) is 0 Å². The Kier molecular flexibility index (Phi) is 2.73. The topological polar surface area (TPSA) is 34.1 Å². The minimum Gasteiger partial charge on any atom is -0.295 e. The predicted molar refractivity (Wildman–Crippen MR) is 62.9 cm³/mol. The van der Waals surface area contributed by atoms with E-state index in [0.29, 0.717) is 6.42 Å². The van der Waals surface area contributed by atoms with Gasteiger partial charge in [0.05, 0.1) is 0 Å². The van der Waals surface area contributed by atoms with E-state index in [2.05, 4.69) is 0 Å². The first-order valence-electron chi connectivity index (χ1n) is 5.43. The van der Waals surface area contributed by atoms with E-state index in [1.165, 1.54) is 0 Å². The Morgan fingerprint density at radius 2 is 1.69 bits per heavy atom. The molecule has 0 amide bonds. The first-order valence-corrected chi connectivity index (χ1v) is 5.43. The van der Waals surface area contributed by atoms with Crippen LogP contribution in [0, 0.1) is 0 Å². The summed E-state index contributed by atoms with van der Waals surface area (Å²) in [5.41, 5.74) is 3.78. The third-order valence-corrected chi connectivity index (χ3v) is 3.00. The molecule has 2 aliphatic carbocycles. The Morgan fingerprint density at radius 1 is 0.938 bits per heavy atom. The monoisotopic (exact) mass is 214 g/mol. The molecule has 0 saturated carbocycles. The van der Waals surface area contributed by atoms with E-state index in [0.717, 1.165) is 28.7 Å². The zero-order valence-electron chi connectivity index (χ0n) is 9.54. The summed E-state index contributed by atoms with van der Waals surface area (Å²) in [6.45, 7) is 3.66. The van der Waals surface area contributed by atoms with Crippen molar-refractivity contribution in [2.75, 3.05) is 0 Å². The van der Waals surface area contributed by atoms with E-state index >= 15 is 0 Å². The van der Waals surface area contributed by atoms with Crippen molar-refractivity contribution in [3.63, 3.8) is 0 Å². The van der Waals surface area contributed by atoms with Gasteiger partial charge in [-0.1, -0.05) is 12.2 Å². The second-order valence-corrected chi connectivity index (χ2v) is 4.26. The molecule has 2 nitrogen and oxygen atoms in total. The van der Waals surface area contributed by atoms with E-state index in [1.807, 2.05) is 32.1 Å². The van der Waals surface area contributed by atoms with Crippen molar-refractivity contribution in [1.82, 2.24) is 0 Å². The second-order valence-electron chi connectivity index (χ2n) is 4.26. The quantitative estimate of drug-likeness (QED) is 0.621. The minimum absolute atomic E-state index is 0.0666. The molecule has 0 radical (unpaired) electrons. The SMILES string of the molecule is CC1=C/C(=C2\C=C(C)C(=O)CC2)C=CC1=O. The Morgan fingerprint density at radius 3 is 2.31 bits per heavy atom. The Bertz CT molecular complexity index is 485. The van der Waals surface area contributed by atoms with Crippen molar-refractivity contribution in [2.45, 2.75) is 26.7 Å². The molecule has 16 heavy (non-hydrogen) atoms. The summed E-state index contributed by atoms with van der Waals surface area (Å²) in [5, 5.41) is 0. The molecule has 0 bridgehead atoms. The smallest absolute Gasteiger partial charge is 0.181 e. The lowest BCUT2D eigenvalue weighted by atomic mass is 9.89. The number of ketones is 2.